The Labute approximate surface area is 265 Å². The molecule has 0 aliphatic heterocycles. The molecule has 0 aromatic heterocycles. The molecular weight excluding hydrogens is 594 g/mol. The van der Waals surface area contributed by atoms with Gasteiger partial charge in [0, 0.05) is 24.0 Å². The van der Waals surface area contributed by atoms with E-state index in [4.69, 9.17) is 11.6 Å². The van der Waals surface area contributed by atoms with Crippen LogP contribution < -0.4 is 9.62 Å². The third-order valence-electron chi connectivity index (χ3n) is 7.47. The van der Waals surface area contributed by atoms with E-state index in [0.29, 0.717) is 22.7 Å². The smallest absolute Gasteiger partial charge is 0.264 e. The summed E-state index contributed by atoms with van der Waals surface area (Å²) in [5.74, 6) is -0.859. The van der Waals surface area contributed by atoms with Crippen molar-refractivity contribution in [3.05, 3.63) is 131 Å². The molecule has 0 radical (unpaired) electrons. The van der Waals surface area contributed by atoms with Crippen molar-refractivity contribution in [3.63, 3.8) is 0 Å². The Kier molecular flexibility index (Phi) is 11.2. The summed E-state index contributed by atoms with van der Waals surface area (Å²) in [6, 6.07) is 30.5. The van der Waals surface area contributed by atoms with Crippen LogP contribution >= 0.6 is 11.6 Å². The predicted molar refractivity (Wildman–Crippen MR) is 176 cm³/mol. The van der Waals surface area contributed by atoms with Gasteiger partial charge in [0.25, 0.3) is 10.0 Å². The monoisotopic (exact) mass is 631 g/mol. The van der Waals surface area contributed by atoms with Crippen LogP contribution in [0.3, 0.4) is 0 Å². The second-order valence-electron chi connectivity index (χ2n) is 10.8. The standard InChI is InChI=1S/C35H38ClN3O4S/c1-4-27(3)37-35(41)33(23-28-15-7-5-8-16-28)38(24-29-17-11-12-21-32(29)36)34(40)25-39(30-18-13-14-26(2)22-30)44(42,43)31-19-9-6-10-20-31/h5-22,27,33H,4,23-25H2,1-3H3,(H,37,41)/t27-,33-/m1/s1. The highest BCUT2D eigenvalue weighted by atomic mass is 35.5. The van der Waals surface area contributed by atoms with E-state index in [-0.39, 0.29) is 29.8 Å². The maximum absolute atomic E-state index is 14.5. The van der Waals surface area contributed by atoms with E-state index in [9.17, 15) is 18.0 Å². The van der Waals surface area contributed by atoms with Crippen LogP contribution in [0.1, 0.15) is 37.0 Å². The third kappa shape index (κ3) is 8.27. The highest BCUT2D eigenvalue weighted by Gasteiger charge is 2.35. The number of carbonyl (C=O) groups excluding carboxylic acids is 2. The van der Waals surface area contributed by atoms with Gasteiger partial charge in [0.15, 0.2) is 0 Å². The topological polar surface area (TPSA) is 86.8 Å². The number of sulfonamides is 1. The quantitative estimate of drug-likeness (QED) is 0.185. The fourth-order valence-electron chi connectivity index (χ4n) is 4.84. The summed E-state index contributed by atoms with van der Waals surface area (Å²) in [6.45, 7) is 5.23. The highest BCUT2D eigenvalue weighted by Crippen LogP contribution is 2.26. The normalized spacial score (nSPS) is 12.6. The second-order valence-corrected chi connectivity index (χ2v) is 13.1. The first-order chi connectivity index (χ1) is 21.1. The highest BCUT2D eigenvalue weighted by molar-refractivity contribution is 7.92. The van der Waals surface area contributed by atoms with Crippen LogP contribution in [0.4, 0.5) is 5.69 Å². The average molecular weight is 632 g/mol. The van der Waals surface area contributed by atoms with Gasteiger partial charge in [-0.15, -0.1) is 0 Å². The van der Waals surface area contributed by atoms with E-state index in [0.717, 1.165) is 15.4 Å². The van der Waals surface area contributed by atoms with Gasteiger partial charge in [0.2, 0.25) is 11.8 Å². The maximum atomic E-state index is 14.5. The SMILES string of the molecule is CC[C@@H](C)NC(=O)[C@@H](Cc1ccccc1)N(Cc1ccccc1Cl)C(=O)CN(c1cccc(C)c1)S(=O)(=O)c1ccccc1. The van der Waals surface area contributed by atoms with E-state index < -0.39 is 28.5 Å². The van der Waals surface area contributed by atoms with Crippen LogP contribution in [-0.4, -0.2) is 43.8 Å². The van der Waals surface area contributed by atoms with E-state index in [1.807, 2.05) is 63.2 Å². The molecule has 0 fully saturated rings. The lowest BCUT2D eigenvalue weighted by Gasteiger charge is -2.34. The molecule has 4 aromatic rings. The number of amides is 2. The molecule has 4 aromatic carbocycles. The van der Waals surface area contributed by atoms with Crippen molar-refractivity contribution in [2.45, 2.75) is 57.1 Å². The molecule has 1 N–H and O–H groups in total. The van der Waals surface area contributed by atoms with Crippen molar-refractivity contribution >= 4 is 39.1 Å². The van der Waals surface area contributed by atoms with Gasteiger partial charge in [-0.05, 0) is 67.3 Å². The van der Waals surface area contributed by atoms with Gasteiger partial charge in [-0.2, -0.15) is 0 Å². The fraction of sp³-hybridized carbons (Fsp3) is 0.257. The number of hydrogen-bond donors (Lipinski definition) is 1. The first-order valence-electron chi connectivity index (χ1n) is 14.6. The number of hydrogen-bond acceptors (Lipinski definition) is 4. The zero-order valence-electron chi connectivity index (χ0n) is 25.2. The van der Waals surface area contributed by atoms with Crippen LogP contribution in [0.2, 0.25) is 5.02 Å². The molecule has 0 bridgehead atoms. The van der Waals surface area contributed by atoms with Crippen molar-refractivity contribution in [1.29, 1.82) is 0 Å². The van der Waals surface area contributed by atoms with Gasteiger partial charge >= 0.3 is 0 Å². The first-order valence-corrected chi connectivity index (χ1v) is 16.4. The third-order valence-corrected chi connectivity index (χ3v) is 9.63. The molecule has 0 saturated carbocycles. The van der Waals surface area contributed by atoms with Gasteiger partial charge in [0.1, 0.15) is 12.6 Å². The summed E-state index contributed by atoms with van der Waals surface area (Å²) in [5, 5.41) is 3.48. The Bertz CT molecular complexity index is 1670. The minimum atomic E-state index is -4.15. The number of aryl methyl sites for hydroxylation is 1. The number of anilines is 1. The lowest BCUT2D eigenvalue weighted by molar-refractivity contribution is -0.140. The molecule has 7 nitrogen and oxygen atoms in total. The van der Waals surface area contributed by atoms with Crippen LogP contribution in [0.25, 0.3) is 0 Å². The number of rotatable bonds is 13. The molecule has 44 heavy (non-hydrogen) atoms. The van der Waals surface area contributed by atoms with Gasteiger partial charge in [0.05, 0.1) is 10.6 Å². The Morgan fingerprint density at radius 2 is 1.50 bits per heavy atom. The largest absolute Gasteiger partial charge is 0.352 e. The Morgan fingerprint density at radius 1 is 0.864 bits per heavy atom. The van der Waals surface area contributed by atoms with E-state index >= 15 is 0 Å². The summed E-state index contributed by atoms with van der Waals surface area (Å²) < 4.78 is 29.2. The summed E-state index contributed by atoms with van der Waals surface area (Å²) in [4.78, 5) is 29.9. The molecule has 0 aliphatic carbocycles. The zero-order valence-corrected chi connectivity index (χ0v) is 26.8. The van der Waals surface area contributed by atoms with Crippen LogP contribution in [0.15, 0.2) is 114 Å². The molecule has 0 aliphatic rings. The number of nitrogens with zero attached hydrogens (tertiary/aromatic N) is 2. The van der Waals surface area contributed by atoms with Gasteiger partial charge in [-0.3, -0.25) is 13.9 Å². The zero-order chi connectivity index (χ0) is 31.7. The molecule has 2 amide bonds. The molecule has 9 heteroatoms. The molecule has 0 spiro atoms. The molecule has 0 unspecified atom stereocenters. The molecular formula is C35H38ClN3O4S. The predicted octanol–water partition coefficient (Wildman–Crippen LogP) is 6.40. The lowest BCUT2D eigenvalue weighted by atomic mass is 10.0. The first kappa shape index (κ1) is 32.8. The molecule has 0 heterocycles. The maximum Gasteiger partial charge on any atom is 0.264 e. The number of benzene rings is 4. The average Bonchev–Trinajstić information content (AvgIpc) is 3.03. The molecule has 2 atom stereocenters. The Hall–Kier alpha value is -4.14. The lowest BCUT2D eigenvalue weighted by Crippen LogP contribution is -2.54. The second kappa shape index (κ2) is 15.0. The van der Waals surface area contributed by atoms with E-state index in [2.05, 4.69) is 5.32 Å². The Morgan fingerprint density at radius 3 is 2.14 bits per heavy atom. The minimum absolute atomic E-state index is 0.0109. The van der Waals surface area contributed by atoms with Crippen molar-refractivity contribution in [1.82, 2.24) is 10.2 Å². The molecule has 0 saturated heterocycles. The van der Waals surface area contributed by atoms with Crippen molar-refractivity contribution in [2.24, 2.45) is 0 Å². The number of halogens is 1. The summed E-state index contributed by atoms with van der Waals surface area (Å²) >= 11 is 6.55. The minimum Gasteiger partial charge on any atom is -0.352 e. The number of nitrogens with one attached hydrogen (secondary N) is 1. The van der Waals surface area contributed by atoms with Crippen molar-refractivity contribution < 1.29 is 18.0 Å². The van der Waals surface area contributed by atoms with Gasteiger partial charge in [-0.1, -0.05) is 97.4 Å². The van der Waals surface area contributed by atoms with Crippen molar-refractivity contribution in [2.75, 3.05) is 10.8 Å². The molecule has 4 rings (SSSR count). The van der Waals surface area contributed by atoms with Gasteiger partial charge < -0.3 is 10.2 Å². The van der Waals surface area contributed by atoms with Crippen molar-refractivity contribution in [3.8, 4) is 0 Å². The van der Waals surface area contributed by atoms with Crippen LogP contribution in [-0.2, 0) is 32.6 Å². The van der Waals surface area contributed by atoms with E-state index in [1.165, 1.54) is 17.0 Å². The van der Waals surface area contributed by atoms with Crippen LogP contribution in [0.5, 0.6) is 0 Å². The van der Waals surface area contributed by atoms with Crippen LogP contribution in [0, 0.1) is 6.92 Å². The summed E-state index contributed by atoms with van der Waals surface area (Å²) in [6.07, 6.45) is 0.938. The Balaban J connectivity index is 1.81. The summed E-state index contributed by atoms with van der Waals surface area (Å²) in [7, 11) is -4.15. The van der Waals surface area contributed by atoms with Gasteiger partial charge in [-0.25, -0.2) is 8.42 Å². The fourth-order valence-corrected chi connectivity index (χ4v) is 6.46. The summed E-state index contributed by atoms with van der Waals surface area (Å²) in [5.41, 5.74) is 2.70. The molecule has 230 valence electrons. The number of carbonyl (C=O) groups is 2. The van der Waals surface area contributed by atoms with E-state index in [1.54, 1.807) is 54.6 Å².